The van der Waals surface area contributed by atoms with Crippen molar-refractivity contribution in [2.24, 2.45) is 5.92 Å². The molecule has 1 fully saturated rings. The number of anilines is 1. The molecule has 1 aliphatic carbocycles. The average Bonchev–Trinajstić information content (AvgIpc) is 2.73. The normalized spacial score (nSPS) is 24.3. The van der Waals surface area contributed by atoms with Gasteiger partial charge in [-0.3, -0.25) is 0 Å². The number of benzene rings is 1. The van der Waals surface area contributed by atoms with Crippen LogP contribution in [0.4, 0.5) is 9.52 Å². The molecule has 0 amide bonds. The van der Waals surface area contributed by atoms with Gasteiger partial charge in [-0.2, -0.15) is 0 Å². The molecule has 0 radical (unpaired) electrons. The van der Waals surface area contributed by atoms with Gasteiger partial charge in [-0.15, -0.1) is 0 Å². The van der Waals surface area contributed by atoms with Crippen LogP contribution in [0.2, 0.25) is 0 Å². The van der Waals surface area contributed by atoms with Crippen molar-refractivity contribution in [2.45, 2.75) is 38.6 Å². The largest absolute Gasteiger partial charge is 0.358 e. The topological polar surface area (TPSA) is 24.9 Å². The fourth-order valence-corrected chi connectivity index (χ4v) is 3.60. The molecule has 0 bridgehead atoms. The summed E-state index contributed by atoms with van der Waals surface area (Å²) in [4.78, 5) is 4.52. The second-order valence-corrected chi connectivity index (χ2v) is 6.17. The van der Waals surface area contributed by atoms with Gasteiger partial charge in [0.25, 0.3) is 0 Å². The number of nitrogens with zero attached hydrogens (tertiary/aromatic N) is 1. The first-order valence-electron chi connectivity index (χ1n) is 6.55. The molecule has 2 atom stereocenters. The van der Waals surface area contributed by atoms with Crippen LogP contribution in [0.3, 0.4) is 0 Å². The van der Waals surface area contributed by atoms with Crippen molar-refractivity contribution in [1.82, 2.24) is 4.98 Å². The fraction of sp³-hybridized carbons (Fsp3) is 0.500. The van der Waals surface area contributed by atoms with Gasteiger partial charge >= 0.3 is 0 Å². The third-order valence-electron chi connectivity index (χ3n) is 3.77. The van der Waals surface area contributed by atoms with E-state index in [1.807, 2.05) is 0 Å². The maximum atomic E-state index is 13.1. The Morgan fingerprint density at radius 1 is 1.33 bits per heavy atom. The lowest BCUT2D eigenvalue weighted by atomic mass is 9.86. The highest BCUT2D eigenvalue weighted by Gasteiger charge is 2.21. The minimum absolute atomic E-state index is 0.191. The zero-order chi connectivity index (χ0) is 12.5. The zero-order valence-electron chi connectivity index (χ0n) is 10.4. The minimum Gasteiger partial charge on any atom is -0.358 e. The van der Waals surface area contributed by atoms with Gasteiger partial charge in [0, 0.05) is 6.04 Å². The summed E-state index contributed by atoms with van der Waals surface area (Å²) in [6, 6.07) is 5.29. The molecule has 1 aliphatic rings. The number of hydrogen-bond acceptors (Lipinski definition) is 3. The van der Waals surface area contributed by atoms with Gasteiger partial charge in [0.15, 0.2) is 5.13 Å². The zero-order valence-corrected chi connectivity index (χ0v) is 11.3. The number of rotatable bonds is 2. The third kappa shape index (κ3) is 2.34. The number of aromatic nitrogens is 1. The number of halogens is 1. The van der Waals surface area contributed by atoms with E-state index in [0.717, 1.165) is 15.3 Å². The summed E-state index contributed by atoms with van der Waals surface area (Å²) < 4.78 is 14.0. The van der Waals surface area contributed by atoms with Crippen molar-refractivity contribution >= 4 is 26.7 Å². The number of fused-ring (bicyclic) bond motifs is 1. The van der Waals surface area contributed by atoms with Gasteiger partial charge in [0.2, 0.25) is 0 Å². The monoisotopic (exact) mass is 264 g/mol. The molecule has 1 N–H and O–H groups in total. The molecule has 1 aromatic heterocycles. The molecule has 0 aliphatic heterocycles. The maximum Gasteiger partial charge on any atom is 0.184 e. The van der Waals surface area contributed by atoms with Crippen molar-refractivity contribution < 1.29 is 4.39 Å². The van der Waals surface area contributed by atoms with Gasteiger partial charge in [-0.25, -0.2) is 9.37 Å². The van der Waals surface area contributed by atoms with Crippen molar-refractivity contribution in [2.75, 3.05) is 5.32 Å². The predicted molar refractivity (Wildman–Crippen MR) is 74.6 cm³/mol. The van der Waals surface area contributed by atoms with Crippen molar-refractivity contribution in [3.63, 3.8) is 0 Å². The van der Waals surface area contributed by atoms with Crippen molar-refractivity contribution in [3.8, 4) is 0 Å². The molecule has 1 heterocycles. The molecule has 1 saturated carbocycles. The summed E-state index contributed by atoms with van der Waals surface area (Å²) in [5, 5.41) is 4.45. The fourth-order valence-electron chi connectivity index (χ4n) is 2.65. The van der Waals surface area contributed by atoms with E-state index in [9.17, 15) is 4.39 Å². The Bertz CT molecular complexity index is 552. The Morgan fingerprint density at radius 3 is 3.00 bits per heavy atom. The molecular weight excluding hydrogens is 247 g/mol. The molecule has 3 rings (SSSR count). The van der Waals surface area contributed by atoms with Gasteiger partial charge in [-0.05, 0) is 37.0 Å². The van der Waals surface area contributed by atoms with E-state index in [1.54, 1.807) is 23.5 Å². The van der Waals surface area contributed by atoms with E-state index < -0.39 is 0 Å². The average molecular weight is 264 g/mol. The SMILES string of the molecule is CC1CCCCC1Nc1nc2ccc(F)cc2s1. The van der Waals surface area contributed by atoms with Gasteiger partial charge in [0.1, 0.15) is 5.82 Å². The minimum atomic E-state index is -0.191. The maximum absolute atomic E-state index is 13.1. The first kappa shape index (κ1) is 11.9. The van der Waals surface area contributed by atoms with E-state index in [4.69, 9.17) is 0 Å². The van der Waals surface area contributed by atoms with Gasteiger partial charge < -0.3 is 5.32 Å². The highest BCUT2D eigenvalue weighted by Crippen LogP contribution is 2.31. The molecule has 2 aromatic rings. The summed E-state index contributed by atoms with van der Waals surface area (Å²) >= 11 is 1.54. The molecule has 1 aromatic carbocycles. The second kappa shape index (κ2) is 4.84. The number of hydrogen-bond donors (Lipinski definition) is 1. The summed E-state index contributed by atoms with van der Waals surface area (Å²) in [5.74, 6) is 0.506. The number of nitrogens with one attached hydrogen (secondary N) is 1. The molecule has 2 unspecified atom stereocenters. The Hall–Kier alpha value is -1.16. The summed E-state index contributed by atoms with van der Waals surface area (Å²) in [7, 11) is 0. The summed E-state index contributed by atoms with van der Waals surface area (Å²) in [6.45, 7) is 2.30. The van der Waals surface area contributed by atoms with Crippen LogP contribution in [0.15, 0.2) is 18.2 Å². The van der Waals surface area contributed by atoms with Crippen molar-refractivity contribution in [3.05, 3.63) is 24.0 Å². The Kier molecular flexibility index (Phi) is 3.20. The predicted octanol–water partition coefficient (Wildman–Crippen LogP) is 4.43. The first-order valence-corrected chi connectivity index (χ1v) is 7.36. The molecule has 2 nitrogen and oxygen atoms in total. The Balaban J connectivity index is 1.81. The van der Waals surface area contributed by atoms with Crippen LogP contribution in [-0.2, 0) is 0 Å². The molecule has 96 valence electrons. The summed E-state index contributed by atoms with van der Waals surface area (Å²) in [5.41, 5.74) is 0.882. The van der Waals surface area contributed by atoms with Crippen LogP contribution in [-0.4, -0.2) is 11.0 Å². The highest BCUT2D eigenvalue weighted by molar-refractivity contribution is 7.22. The lowest BCUT2D eigenvalue weighted by Crippen LogP contribution is -2.30. The van der Waals surface area contributed by atoms with E-state index in [0.29, 0.717) is 12.0 Å². The van der Waals surface area contributed by atoms with Crippen LogP contribution < -0.4 is 5.32 Å². The van der Waals surface area contributed by atoms with Gasteiger partial charge in [-0.1, -0.05) is 31.1 Å². The standard InChI is InChI=1S/C14H17FN2S/c1-9-4-2-3-5-11(9)16-14-17-12-7-6-10(15)8-13(12)18-14/h6-9,11H,2-5H2,1H3,(H,16,17). The van der Waals surface area contributed by atoms with E-state index >= 15 is 0 Å². The van der Waals surface area contributed by atoms with E-state index in [-0.39, 0.29) is 5.82 Å². The quantitative estimate of drug-likeness (QED) is 0.868. The second-order valence-electron chi connectivity index (χ2n) is 5.14. The highest BCUT2D eigenvalue weighted by atomic mass is 32.1. The lowest BCUT2D eigenvalue weighted by Gasteiger charge is -2.29. The van der Waals surface area contributed by atoms with E-state index in [2.05, 4.69) is 17.2 Å². The van der Waals surface area contributed by atoms with Crippen LogP contribution in [0, 0.1) is 11.7 Å². The molecule has 18 heavy (non-hydrogen) atoms. The van der Waals surface area contributed by atoms with Crippen LogP contribution in [0.25, 0.3) is 10.2 Å². The Labute approximate surface area is 110 Å². The molecule has 4 heteroatoms. The third-order valence-corrected chi connectivity index (χ3v) is 4.72. The van der Waals surface area contributed by atoms with Crippen LogP contribution in [0.1, 0.15) is 32.6 Å². The first-order chi connectivity index (χ1) is 8.72. The van der Waals surface area contributed by atoms with Gasteiger partial charge in [0.05, 0.1) is 10.2 Å². The smallest absolute Gasteiger partial charge is 0.184 e. The summed E-state index contributed by atoms with van der Waals surface area (Å²) in [6.07, 6.45) is 5.13. The lowest BCUT2D eigenvalue weighted by molar-refractivity contribution is 0.349. The molecular formula is C14H17FN2S. The molecule has 0 spiro atoms. The number of thiazole rings is 1. The van der Waals surface area contributed by atoms with E-state index in [1.165, 1.54) is 31.7 Å². The Morgan fingerprint density at radius 2 is 2.17 bits per heavy atom. The molecule has 0 saturated heterocycles. The van der Waals surface area contributed by atoms with Crippen LogP contribution in [0.5, 0.6) is 0 Å². The van der Waals surface area contributed by atoms with Crippen LogP contribution >= 0.6 is 11.3 Å². The van der Waals surface area contributed by atoms with Crippen molar-refractivity contribution in [1.29, 1.82) is 0 Å².